The van der Waals surface area contributed by atoms with E-state index in [2.05, 4.69) is 27.4 Å². The van der Waals surface area contributed by atoms with Crippen molar-refractivity contribution in [2.45, 2.75) is 25.8 Å². The first-order valence-corrected chi connectivity index (χ1v) is 9.29. The lowest BCUT2D eigenvalue weighted by Crippen LogP contribution is -2.16. The van der Waals surface area contributed by atoms with Crippen LogP contribution in [0.4, 0.5) is 13.2 Å². The molecule has 0 spiro atoms. The molecule has 1 aromatic carbocycles. The topological polar surface area (TPSA) is 0 Å². The van der Waals surface area contributed by atoms with Crippen molar-refractivity contribution in [2.75, 3.05) is 0 Å². The molecule has 17 heavy (non-hydrogen) atoms. The van der Waals surface area contributed by atoms with Crippen molar-refractivity contribution < 1.29 is 13.2 Å². The Bertz CT molecular complexity index is 475. The van der Waals surface area contributed by atoms with Crippen LogP contribution in [0.2, 0.25) is 19.6 Å². The van der Waals surface area contributed by atoms with E-state index in [1.165, 1.54) is 6.07 Å². The quantitative estimate of drug-likeness (QED) is 0.480. The minimum atomic E-state index is -4.37. The Labute approximate surface area is 108 Å². The predicted octanol–water partition coefficient (Wildman–Crippen LogP) is 4.70. The molecule has 0 aliphatic rings. The van der Waals surface area contributed by atoms with Crippen LogP contribution in [-0.2, 0) is 6.18 Å². The lowest BCUT2D eigenvalue weighted by Gasteiger charge is -2.10. The molecule has 0 aromatic heterocycles. The van der Waals surface area contributed by atoms with Crippen LogP contribution < -0.4 is 0 Å². The second kappa shape index (κ2) is 4.87. The van der Waals surface area contributed by atoms with Crippen molar-refractivity contribution in [2.24, 2.45) is 0 Å². The zero-order chi connectivity index (χ0) is 13.3. The zero-order valence-electron chi connectivity index (χ0n) is 9.74. The molecule has 1 rings (SSSR count). The maximum atomic E-state index is 12.8. The van der Waals surface area contributed by atoms with E-state index in [9.17, 15) is 13.2 Å². The lowest BCUT2D eigenvalue weighted by atomic mass is 10.1. The molecule has 0 saturated carbocycles. The van der Waals surface area contributed by atoms with E-state index in [0.717, 1.165) is 6.07 Å². The van der Waals surface area contributed by atoms with E-state index in [-0.39, 0.29) is 5.56 Å². The number of halogens is 4. The summed E-state index contributed by atoms with van der Waals surface area (Å²) in [7, 11) is -1.68. The van der Waals surface area contributed by atoms with Crippen molar-refractivity contribution in [3.05, 3.63) is 33.8 Å². The highest BCUT2D eigenvalue weighted by Gasteiger charge is 2.33. The van der Waals surface area contributed by atoms with Gasteiger partial charge < -0.3 is 0 Å². The molecule has 0 N–H and O–H groups in total. The molecular weight excluding hydrogens is 309 g/mol. The van der Waals surface area contributed by atoms with Gasteiger partial charge in [-0.15, -0.1) is 5.54 Å². The third-order valence-corrected chi connectivity index (χ3v) is 3.23. The first-order valence-electron chi connectivity index (χ1n) is 4.99. The van der Waals surface area contributed by atoms with Gasteiger partial charge in [-0.05, 0) is 18.2 Å². The molecule has 5 heteroatoms. The van der Waals surface area contributed by atoms with Crippen LogP contribution in [0.3, 0.4) is 0 Å². The smallest absolute Gasteiger partial charge is 0.166 e. The molecule has 0 saturated heterocycles. The predicted molar refractivity (Wildman–Crippen MR) is 69.4 cm³/mol. The van der Waals surface area contributed by atoms with Crippen molar-refractivity contribution >= 4 is 24.0 Å². The SMILES string of the molecule is C[Si](C)(C)C#Cc1ccc(Br)cc1C(F)(F)F. The van der Waals surface area contributed by atoms with Gasteiger partial charge >= 0.3 is 6.18 Å². The van der Waals surface area contributed by atoms with Crippen molar-refractivity contribution in [1.29, 1.82) is 0 Å². The molecule has 0 aliphatic carbocycles. The van der Waals surface area contributed by atoms with Crippen LogP contribution in [0.1, 0.15) is 11.1 Å². The molecule has 0 bridgehead atoms. The fourth-order valence-electron chi connectivity index (χ4n) is 1.11. The Kier molecular flexibility index (Phi) is 4.10. The molecule has 0 atom stereocenters. The van der Waals surface area contributed by atoms with E-state index in [4.69, 9.17) is 0 Å². The third kappa shape index (κ3) is 4.56. The first kappa shape index (κ1) is 14.3. The molecule has 0 radical (unpaired) electrons. The summed E-state index contributed by atoms with van der Waals surface area (Å²) in [5.74, 6) is 2.66. The Morgan fingerprint density at radius 2 is 1.76 bits per heavy atom. The highest BCUT2D eigenvalue weighted by atomic mass is 79.9. The number of benzene rings is 1. The van der Waals surface area contributed by atoms with Gasteiger partial charge in [-0.2, -0.15) is 13.2 Å². The van der Waals surface area contributed by atoms with E-state index in [0.29, 0.717) is 4.47 Å². The largest absolute Gasteiger partial charge is 0.417 e. The maximum absolute atomic E-state index is 12.8. The summed E-state index contributed by atoms with van der Waals surface area (Å²) in [5.41, 5.74) is 2.31. The minimum Gasteiger partial charge on any atom is -0.166 e. The zero-order valence-corrected chi connectivity index (χ0v) is 12.3. The molecule has 0 amide bonds. The Hall–Kier alpha value is -0.733. The van der Waals surface area contributed by atoms with Gasteiger partial charge in [-0.3, -0.25) is 0 Å². The molecule has 0 heterocycles. The minimum absolute atomic E-state index is 0.0446. The van der Waals surface area contributed by atoms with Gasteiger partial charge in [0.2, 0.25) is 0 Å². The average molecular weight is 321 g/mol. The lowest BCUT2D eigenvalue weighted by molar-refractivity contribution is -0.137. The summed E-state index contributed by atoms with van der Waals surface area (Å²) in [6.07, 6.45) is -4.37. The van der Waals surface area contributed by atoms with E-state index < -0.39 is 19.8 Å². The Morgan fingerprint density at radius 1 is 1.18 bits per heavy atom. The molecule has 0 aliphatic heterocycles. The van der Waals surface area contributed by atoms with Gasteiger partial charge in [0.05, 0.1) is 5.56 Å². The summed E-state index contributed by atoms with van der Waals surface area (Å²) in [4.78, 5) is 0. The first-order chi connectivity index (χ1) is 7.59. The molecule has 1 aromatic rings. The number of hydrogen-bond acceptors (Lipinski definition) is 0. The fourth-order valence-corrected chi connectivity index (χ4v) is 1.99. The van der Waals surface area contributed by atoms with Crippen LogP contribution in [-0.4, -0.2) is 8.07 Å². The summed E-state index contributed by atoms with van der Waals surface area (Å²) < 4.78 is 38.7. The normalized spacial score (nSPS) is 11.9. The Morgan fingerprint density at radius 3 is 2.24 bits per heavy atom. The van der Waals surface area contributed by atoms with Crippen LogP contribution in [0.15, 0.2) is 22.7 Å². The molecule has 0 fully saturated rings. The van der Waals surface area contributed by atoms with E-state index in [1.807, 2.05) is 19.6 Å². The summed E-state index contributed by atoms with van der Waals surface area (Å²) in [6.45, 7) is 5.98. The average Bonchev–Trinajstić information content (AvgIpc) is 2.13. The van der Waals surface area contributed by atoms with Crippen LogP contribution in [0.5, 0.6) is 0 Å². The maximum Gasteiger partial charge on any atom is 0.417 e. The van der Waals surface area contributed by atoms with Gasteiger partial charge in [-0.1, -0.05) is 41.5 Å². The highest BCUT2D eigenvalue weighted by molar-refractivity contribution is 9.10. The van der Waals surface area contributed by atoms with Gasteiger partial charge in [0.25, 0.3) is 0 Å². The third-order valence-electron chi connectivity index (χ3n) is 1.86. The fraction of sp³-hybridized carbons (Fsp3) is 0.333. The van der Waals surface area contributed by atoms with Crippen LogP contribution in [0, 0.1) is 11.5 Å². The summed E-state index contributed by atoms with van der Waals surface area (Å²) in [5, 5.41) is 0. The molecule has 92 valence electrons. The Balaban J connectivity index is 3.29. The second-order valence-corrected chi connectivity index (χ2v) is 10.4. The number of hydrogen-bond donors (Lipinski definition) is 0. The molecule has 0 unspecified atom stereocenters. The summed E-state index contributed by atoms with van der Waals surface area (Å²) >= 11 is 3.04. The number of alkyl halides is 3. The molecular formula is C12H12BrF3Si. The van der Waals surface area contributed by atoms with Crippen LogP contribution >= 0.6 is 15.9 Å². The van der Waals surface area contributed by atoms with Gasteiger partial charge in [0.1, 0.15) is 8.07 Å². The van der Waals surface area contributed by atoms with Crippen LogP contribution in [0.25, 0.3) is 0 Å². The standard InChI is InChI=1S/C12H12BrF3Si/c1-17(2,3)7-6-9-4-5-10(13)8-11(9)12(14,15)16/h4-5,8H,1-3H3. The summed E-state index contributed by atoms with van der Waals surface area (Å²) in [6, 6.07) is 4.04. The van der Waals surface area contributed by atoms with Gasteiger partial charge in [0, 0.05) is 10.0 Å². The monoisotopic (exact) mass is 320 g/mol. The second-order valence-electron chi connectivity index (χ2n) is 4.69. The van der Waals surface area contributed by atoms with Gasteiger partial charge in [0.15, 0.2) is 0 Å². The van der Waals surface area contributed by atoms with E-state index >= 15 is 0 Å². The van der Waals surface area contributed by atoms with Crippen molar-refractivity contribution in [3.8, 4) is 11.5 Å². The van der Waals surface area contributed by atoms with Gasteiger partial charge in [-0.25, -0.2) is 0 Å². The van der Waals surface area contributed by atoms with Crippen molar-refractivity contribution in [3.63, 3.8) is 0 Å². The number of rotatable bonds is 0. The van der Waals surface area contributed by atoms with Crippen molar-refractivity contribution in [1.82, 2.24) is 0 Å². The van der Waals surface area contributed by atoms with E-state index in [1.54, 1.807) is 6.07 Å². The highest BCUT2D eigenvalue weighted by Crippen LogP contribution is 2.33. The molecule has 0 nitrogen and oxygen atoms in total.